The van der Waals surface area contributed by atoms with E-state index in [1.54, 1.807) is 11.9 Å². The molecule has 2 heterocycles. The van der Waals surface area contributed by atoms with Crippen molar-refractivity contribution in [3.05, 3.63) is 11.4 Å². The molecule has 5 nitrogen and oxygen atoms in total. The van der Waals surface area contributed by atoms with Gasteiger partial charge in [0.2, 0.25) is 5.91 Å². The van der Waals surface area contributed by atoms with Crippen LogP contribution in [-0.2, 0) is 4.79 Å². The van der Waals surface area contributed by atoms with E-state index in [0.29, 0.717) is 23.3 Å². The van der Waals surface area contributed by atoms with E-state index in [1.165, 1.54) is 23.1 Å². The predicted octanol–water partition coefficient (Wildman–Crippen LogP) is 1.84. The van der Waals surface area contributed by atoms with Crippen molar-refractivity contribution in [2.45, 2.75) is 12.1 Å². The van der Waals surface area contributed by atoms with Crippen LogP contribution in [0.15, 0.2) is 16.6 Å². The van der Waals surface area contributed by atoms with Gasteiger partial charge in [-0.15, -0.1) is 11.3 Å². The van der Waals surface area contributed by atoms with E-state index in [1.807, 2.05) is 18.4 Å². The molecule has 0 atom stereocenters. The quantitative estimate of drug-likeness (QED) is 0.684. The molecule has 0 aromatic carbocycles. The van der Waals surface area contributed by atoms with Gasteiger partial charge in [0.1, 0.15) is 10.6 Å². The lowest BCUT2D eigenvalue weighted by Gasteiger charge is -2.13. The average molecular weight is 282 g/mol. The number of aromatic nitrogens is 2. The summed E-state index contributed by atoms with van der Waals surface area (Å²) in [6.45, 7) is 2.64. The summed E-state index contributed by atoms with van der Waals surface area (Å²) in [5, 5.41) is 3.36. The van der Waals surface area contributed by atoms with Gasteiger partial charge in [-0.25, -0.2) is 9.97 Å². The summed E-state index contributed by atoms with van der Waals surface area (Å²) in [6, 6.07) is 1.90. The van der Waals surface area contributed by atoms with Crippen molar-refractivity contribution in [2.75, 3.05) is 25.1 Å². The Morgan fingerprint density at radius 3 is 3.06 bits per heavy atom. The number of carbonyl (C=O) groups excluding carboxylic acids is 1. The first kappa shape index (κ1) is 13.1. The summed E-state index contributed by atoms with van der Waals surface area (Å²) < 4.78 is 0. The Balaban J connectivity index is 2.10. The number of anilines is 1. The van der Waals surface area contributed by atoms with Gasteiger partial charge in [0.15, 0.2) is 5.16 Å². The van der Waals surface area contributed by atoms with E-state index in [9.17, 15) is 4.79 Å². The van der Waals surface area contributed by atoms with Gasteiger partial charge in [0, 0.05) is 13.6 Å². The first-order valence-electron chi connectivity index (χ1n) is 5.49. The molecule has 0 fully saturated rings. The van der Waals surface area contributed by atoms with Crippen LogP contribution in [0.25, 0.3) is 10.2 Å². The van der Waals surface area contributed by atoms with E-state index >= 15 is 0 Å². The van der Waals surface area contributed by atoms with E-state index < -0.39 is 0 Å². The maximum Gasteiger partial charge on any atom is 0.232 e. The second-order valence-corrected chi connectivity index (χ2v) is 5.56. The molecule has 0 radical (unpaired) electrons. The third-order valence-corrected chi connectivity index (χ3v) is 4.20. The fourth-order valence-electron chi connectivity index (χ4n) is 1.34. The summed E-state index contributed by atoms with van der Waals surface area (Å²) in [5.41, 5.74) is 5.84. The lowest BCUT2D eigenvalue weighted by atomic mass is 10.4. The molecule has 0 aliphatic carbocycles. The van der Waals surface area contributed by atoms with Gasteiger partial charge in [0.25, 0.3) is 0 Å². The Bertz CT molecular complexity index is 569. The molecule has 0 spiro atoms. The van der Waals surface area contributed by atoms with Crippen LogP contribution in [0.1, 0.15) is 6.92 Å². The number of thiophene rings is 1. The fourth-order valence-corrected chi connectivity index (χ4v) is 2.96. The Labute approximate surface area is 113 Å². The van der Waals surface area contributed by atoms with Crippen LogP contribution in [0.2, 0.25) is 0 Å². The summed E-state index contributed by atoms with van der Waals surface area (Å²) in [5.74, 6) is 0.872. The molecular weight excluding hydrogens is 268 g/mol. The van der Waals surface area contributed by atoms with E-state index in [2.05, 4.69) is 9.97 Å². The van der Waals surface area contributed by atoms with Crippen LogP contribution < -0.4 is 5.73 Å². The third kappa shape index (κ3) is 2.73. The molecule has 2 aromatic heterocycles. The zero-order valence-corrected chi connectivity index (χ0v) is 11.8. The highest BCUT2D eigenvalue weighted by atomic mass is 32.2. The summed E-state index contributed by atoms with van der Waals surface area (Å²) in [4.78, 5) is 22.8. The number of rotatable bonds is 4. The molecule has 1 amide bonds. The zero-order valence-electron chi connectivity index (χ0n) is 10.2. The van der Waals surface area contributed by atoms with E-state index in [0.717, 1.165) is 10.2 Å². The molecule has 0 saturated heterocycles. The molecule has 0 aliphatic heterocycles. The molecule has 0 unspecified atom stereocenters. The van der Waals surface area contributed by atoms with Crippen LogP contribution in [-0.4, -0.2) is 40.1 Å². The van der Waals surface area contributed by atoms with Crippen molar-refractivity contribution in [1.82, 2.24) is 14.9 Å². The second kappa shape index (κ2) is 5.53. The zero-order chi connectivity index (χ0) is 13.1. The number of amides is 1. The van der Waals surface area contributed by atoms with Crippen molar-refractivity contribution in [3.63, 3.8) is 0 Å². The molecule has 2 N–H and O–H groups in total. The number of thioether (sulfide) groups is 1. The van der Waals surface area contributed by atoms with Gasteiger partial charge >= 0.3 is 0 Å². The summed E-state index contributed by atoms with van der Waals surface area (Å²) >= 11 is 2.84. The van der Waals surface area contributed by atoms with Crippen molar-refractivity contribution in [3.8, 4) is 0 Å². The van der Waals surface area contributed by atoms with Gasteiger partial charge in [-0.05, 0) is 18.4 Å². The van der Waals surface area contributed by atoms with Crippen LogP contribution in [0.3, 0.4) is 0 Å². The molecule has 2 rings (SSSR count). The SMILES string of the molecule is CCN(C)C(=O)CSc1nc(N)c2ccsc2n1. The Kier molecular flexibility index (Phi) is 4.03. The summed E-state index contributed by atoms with van der Waals surface area (Å²) in [6.07, 6.45) is 0. The maximum absolute atomic E-state index is 11.7. The molecule has 0 bridgehead atoms. The lowest BCUT2D eigenvalue weighted by Crippen LogP contribution is -2.27. The smallest absolute Gasteiger partial charge is 0.232 e. The Morgan fingerprint density at radius 1 is 1.56 bits per heavy atom. The molecule has 2 aromatic rings. The number of nitrogen functional groups attached to an aromatic ring is 1. The number of hydrogen-bond acceptors (Lipinski definition) is 6. The lowest BCUT2D eigenvalue weighted by molar-refractivity contribution is -0.126. The minimum Gasteiger partial charge on any atom is -0.383 e. The number of carbonyl (C=O) groups is 1. The molecular formula is C11H14N4OS2. The minimum atomic E-state index is 0.0657. The van der Waals surface area contributed by atoms with Crippen LogP contribution in [0.4, 0.5) is 5.82 Å². The Hall–Kier alpha value is -1.34. The average Bonchev–Trinajstić information content (AvgIpc) is 2.83. The van der Waals surface area contributed by atoms with Gasteiger partial charge < -0.3 is 10.6 Å². The highest BCUT2D eigenvalue weighted by Crippen LogP contribution is 2.26. The van der Waals surface area contributed by atoms with E-state index in [-0.39, 0.29) is 5.91 Å². The molecule has 0 aliphatic rings. The maximum atomic E-state index is 11.7. The summed E-state index contributed by atoms with van der Waals surface area (Å²) in [7, 11) is 1.78. The van der Waals surface area contributed by atoms with Crippen molar-refractivity contribution in [2.24, 2.45) is 0 Å². The number of nitrogens with two attached hydrogens (primary N) is 1. The molecule has 0 saturated carbocycles. The molecule has 7 heteroatoms. The van der Waals surface area contributed by atoms with Crippen molar-refractivity contribution in [1.29, 1.82) is 0 Å². The fraction of sp³-hybridized carbons (Fsp3) is 0.364. The monoisotopic (exact) mass is 282 g/mol. The van der Waals surface area contributed by atoms with Crippen LogP contribution in [0.5, 0.6) is 0 Å². The first-order chi connectivity index (χ1) is 8.61. The molecule has 96 valence electrons. The largest absolute Gasteiger partial charge is 0.383 e. The first-order valence-corrected chi connectivity index (χ1v) is 7.35. The standard InChI is InChI=1S/C11H14N4OS2/c1-3-15(2)8(16)6-18-11-13-9(12)7-4-5-17-10(7)14-11/h4-5H,3,6H2,1-2H3,(H2,12,13,14). The van der Waals surface area contributed by atoms with Gasteiger partial charge in [0.05, 0.1) is 11.1 Å². The van der Waals surface area contributed by atoms with Gasteiger partial charge in [-0.1, -0.05) is 11.8 Å². The molecule has 18 heavy (non-hydrogen) atoms. The Morgan fingerprint density at radius 2 is 2.33 bits per heavy atom. The van der Waals surface area contributed by atoms with Crippen LogP contribution in [0, 0.1) is 0 Å². The predicted molar refractivity (Wildman–Crippen MR) is 75.9 cm³/mol. The topological polar surface area (TPSA) is 72.1 Å². The van der Waals surface area contributed by atoms with E-state index in [4.69, 9.17) is 5.73 Å². The number of nitrogens with zero attached hydrogens (tertiary/aromatic N) is 3. The minimum absolute atomic E-state index is 0.0657. The second-order valence-electron chi connectivity index (χ2n) is 3.73. The van der Waals surface area contributed by atoms with Crippen LogP contribution >= 0.6 is 23.1 Å². The highest BCUT2D eigenvalue weighted by Gasteiger charge is 2.11. The highest BCUT2D eigenvalue weighted by molar-refractivity contribution is 7.99. The number of fused-ring (bicyclic) bond motifs is 1. The third-order valence-electron chi connectivity index (χ3n) is 2.56. The van der Waals surface area contributed by atoms with Gasteiger partial charge in [-0.2, -0.15) is 0 Å². The van der Waals surface area contributed by atoms with Gasteiger partial charge in [-0.3, -0.25) is 4.79 Å². The number of hydrogen-bond donors (Lipinski definition) is 1. The normalized spacial score (nSPS) is 10.8. The van der Waals surface area contributed by atoms with Crippen molar-refractivity contribution < 1.29 is 4.79 Å². The van der Waals surface area contributed by atoms with Crippen molar-refractivity contribution >= 4 is 45.0 Å².